The number of thiophene rings is 1. The number of halogens is 1. The van der Waals surface area contributed by atoms with Crippen LogP contribution in [0.25, 0.3) is 26.1 Å². The largest absolute Gasteiger partial charge is 0.494 e. The van der Waals surface area contributed by atoms with E-state index in [2.05, 4.69) is 15.3 Å². The number of benzene rings is 1. The second-order valence-electron chi connectivity index (χ2n) is 6.48. The molecule has 136 valence electrons. The maximum atomic E-state index is 14.1. The molecule has 1 aromatic carbocycles. The Morgan fingerprint density at radius 3 is 2.89 bits per heavy atom. The molecule has 0 bridgehead atoms. The summed E-state index contributed by atoms with van der Waals surface area (Å²) >= 11 is 1.31. The first kappa shape index (κ1) is 16.2. The van der Waals surface area contributed by atoms with E-state index in [0.29, 0.717) is 21.9 Å². The highest BCUT2D eigenvalue weighted by Gasteiger charge is 2.23. The Labute approximate surface area is 157 Å². The standard InChI is InChI=1S/C19H15FN4O2S/c1-26-14-5-4-11(8-12(14)20)24-9-22-16-15-13(23-10-2-3-10)6-7-21-18(15)27-17(16)19(24)25/h4-10H,2-3H2,1H3,(H,21,23). The number of aromatic nitrogens is 3. The fourth-order valence-electron chi connectivity index (χ4n) is 3.11. The van der Waals surface area contributed by atoms with Gasteiger partial charge in [0.05, 0.1) is 23.7 Å². The molecule has 27 heavy (non-hydrogen) atoms. The van der Waals surface area contributed by atoms with Gasteiger partial charge in [0, 0.05) is 24.0 Å². The smallest absolute Gasteiger partial charge is 0.275 e. The highest BCUT2D eigenvalue weighted by atomic mass is 32.1. The van der Waals surface area contributed by atoms with E-state index in [1.54, 1.807) is 12.3 Å². The topological polar surface area (TPSA) is 69.0 Å². The van der Waals surface area contributed by atoms with Gasteiger partial charge in [-0.1, -0.05) is 0 Å². The molecule has 0 radical (unpaired) electrons. The number of methoxy groups -OCH3 is 1. The Hall–Kier alpha value is -3.00. The second-order valence-corrected chi connectivity index (χ2v) is 7.47. The van der Waals surface area contributed by atoms with Crippen molar-refractivity contribution in [2.45, 2.75) is 18.9 Å². The first-order valence-corrected chi connectivity index (χ1v) is 9.36. The van der Waals surface area contributed by atoms with Crippen LogP contribution in [0.1, 0.15) is 12.8 Å². The molecular formula is C19H15FN4O2S. The number of hydrogen-bond donors (Lipinski definition) is 1. The molecule has 1 N–H and O–H groups in total. The van der Waals surface area contributed by atoms with Crippen LogP contribution in [0.3, 0.4) is 0 Å². The first-order chi connectivity index (χ1) is 13.2. The van der Waals surface area contributed by atoms with Crippen LogP contribution in [0.2, 0.25) is 0 Å². The molecule has 1 aliphatic rings. The summed E-state index contributed by atoms with van der Waals surface area (Å²) in [5, 5.41) is 4.35. The van der Waals surface area contributed by atoms with E-state index in [9.17, 15) is 9.18 Å². The van der Waals surface area contributed by atoms with Crippen LogP contribution >= 0.6 is 11.3 Å². The molecule has 0 aliphatic heterocycles. The summed E-state index contributed by atoms with van der Waals surface area (Å²) in [4.78, 5) is 22.7. The van der Waals surface area contributed by atoms with E-state index in [1.165, 1.54) is 41.5 Å². The van der Waals surface area contributed by atoms with Gasteiger partial charge in [0.1, 0.15) is 15.9 Å². The van der Waals surface area contributed by atoms with E-state index in [4.69, 9.17) is 4.74 Å². The minimum atomic E-state index is -0.532. The molecule has 1 saturated carbocycles. The van der Waals surface area contributed by atoms with Crippen molar-refractivity contribution in [1.29, 1.82) is 0 Å². The molecule has 6 nitrogen and oxygen atoms in total. The Bertz CT molecular complexity index is 1250. The minimum Gasteiger partial charge on any atom is -0.494 e. The van der Waals surface area contributed by atoms with Crippen molar-refractivity contribution in [1.82, 2.24) is 14.5 Å². The van der Waals surface area contributed by atoms with Gasteiger partial charge >= 0.3 is 0 Å². The highest BCUT2D eigenvalue weighted by molar-refractivity contribution is 7.25. The lowest BCUT2D eigenvalue weighted by atomic mass is 10.2. The molecule has 0 unspecified atom stereocenters. The lowest BCUT2D eigenvalue weighted by Crippen LogP contribution is -2.18. The van der Waals surface area contributed by atoms with Gasteiger partial charge < -0.3 is 10.1 Å². The summed E-state index contributed by atoms with van der Waals surface area (Å²) in [6.45, 7) is 0. The summed E-state index contributed by atoms with van der Waals surface area (Å²) in [6, 6.07) is 6.78. The van der Waals surface area contributed by atoms with Gasteiger partial charge in [0.25, 0.3) is 5.56 Å². The van der Waals surface area contributed by atoms with Gasteiger partial charge in [0.2, 0.25) is 0 Å². The van der Waals surface area contributed by atoms with Crippen LogP contribution in [-0.4, -0.2) is 27.7 Å². The predicted octanol–water partition coefficient (Wildman–Crippen LogP) is 3.72. The van der Waals surface area contributed by atoms with Crippen LogP contribution in [0.15, 0.2) is 41.6 Å². The van der Waals surface area contributed by atoms with E-state index in [-0.39, 0.29) is 11.3 Å². The predicted molar refractivity (Wildman–Crippen MR) is 104 cm³/mol. The van der Waals surface area contributed by atoms with Crippen molar-refractivity contribution in [3.63, 3.8) is 0 Å². The molecule has 8 heteroatoms. The third kappa shape index (κ3) is 2.64. The van der Waals surface area contributed by atoms with E-state index in [1.807, 2.05) is 6.07 Å². The number of ether oxygens (including phenoxy) is 1. The normalized spacial score (nSPS) is 14.0. The maximum Gasteiger partial charge on any atom is 0.275 e. The molecule has 1 aliphatic carbocycles. The molecule has 1 fully saturated rings. The maximum absolute atomic E-state index is 14.1. The van der Waals surface area contributed by atoms with E-state index in [0.717, 1.165) is 28.7 Å². The molecule has 5 rings (SSSR count). The summed E-state index contributed by atoms with van der Waals surface area (Å²) in [5.74, 6) is -0.404. The lowest BCUT2D eigenvalue weighted by Gasteiger charge is -2.08. The van der Waals surface area contributed by atoms with E-state index < -0.39 is 5.82 Å². The van der Waals surface area contributed by atoms with Crippen LogP contribution in [0, 0.1) is 5.82 Å². The average molecular weight is 382 g/mol. The third-order valence-corrected chi connectivity index (χ3v) is 5.71. The first-order valence-electron chi connectivity index (χ1n) is 8.55. The summed E-state index contributed by atoms with van der Waals surface area (Å²) in [7, 11) is 1.40. The minimum absolute atomic E-state index is 0.127. The molecule has 0 atom stereocenters. The number of hydrogen-bond acceptors (Lipinski definition) is 6. The van der Waals surface area contributed by atoms with Crippen molar-refractivity contribution < 1.29 is 9.13 Å². The van der Waals surface area contributed by atoms with Crippen molar-refractivity contribution >= 4 is 37.5 Å². The van der Waals surface area contributed by atoms with Gasteiger partial charge in [-0.15, -0.1) is 11.3 Å². The molecular weight excluding hydrogens is 367 g/mol. The number of fused-ring (bicyclic) bond motifs is 3. The summed E-state index contributed by atoms with van der Waals surface area (Å²) in [5.41, 5.74) is 1.73. The Kier molecular flexibility index (Phi) is 3.61. The summed E-state index contributed by atoms with van der Waals surface area (Å²) in [6.07, 6.45) is 5.47. The van der Waals surface area contributed by atoms with Crippen LogP contribution in [-0.2, 0) is 0 Å². The monoisotopic (exact) mass is 382 g/mol. The van der Waals surface area contributed by atoms with Crippen molar-refractivity contribution in [2.24, 2.45) is 0 Å². The van der Waals surface area contributed by atoms with Gasteiger partial charge in [-0.25, -0.2) is 14.4 Å². The molecule has 0 saturated heterocycles. The van der Waals surface area contributed by atoms with Gasteiger partial charge in [-0.05, 0) is 31.0 Å². The van der Waals surface area contributed by atoms with Crippen LogP contribution in [0.4, 0.5) is 10.1 Å². The molecule has 4 aromatic rings. The Morgan fingerprint density at radius 1 is 1.30 bits per heavy atom. The zero-order valence-corrected chi connectivity index (χ0v) is 15.2. The third-order valence-electron chi connectivity index (χ3n) is 4.63. The van der Waals surface area contributed by atoms with Gasteiger partial charge in [-0.2, -0.15) is 0 Å². The number of pyridine rings is 1. The van der Waals surface area contributed by atoms with Crippen molar-refractivity contribution in [2.75, 3.05) is 12.4 Å². The van der Waals surface area contributed by atoms with Gasteiger partial charge in [-0.3, -0.25) is 9.36 Å². The fraction of sp³-hybridized carbons (Fsp3) is 0.211. The quantitative estimate of drug-likeness (QED) is 0.583. The summed E-state index contributed by atoms with van der Waals surface area (Å²) < 4.78 is 20.8. The molecule has 3 heterocycles. The Balaban J connectivity index is 1.71. The second kappa shape index (κ2) is 6.02. The van der Waals surface area contributed by atoms with E-state index >= 15 is 0 Å². The number of rotatable bonds is 4. The molecule has 3 aromatic heterocycles. The number of nitrogens with one attached hydrogen (secondary N) is 1. The van der Waals surface area contributed by atoms with Crippen LogP contribution in [0.5, 0.6) is 5.75 Å². The van der Waals surface area contributed by atoms with Gasteiger partial charge in [0.15, 0.2) is 11.6 Å². The van der Waals surface area contributed by atoms with Crippen LogP contribution < -0.4 is 15.6 Å². The lowest BCUT2D eigenvalue weighted by molar-refractivity contribution is 0.386. The highest BCUT2D eigenvalue weighted by Crippen LogP contribution is 2.36. The molecule has 0 spiro atoms. The van der Waals surface area contributed by atoms with Crippen molar-refractivity contribution in [3.8, 4) is 11.4 Å². The van der Waals surface area contributed by atoms with Crippen molar-refractivity contribution in [3.05, 3.63) is 53.0 Å². The fourth-order valence-corrected chi connectivity index (χ4v) is 4.16. The number of anilines is 1. The SMILES string of the molecule is COc1ccc(-n2cnc3c(sc4nccc(NC5CC5)c43)c2=O)cc1F. The Morgan fingerprint density at radius 2 is 2.15 bits per heavy atom. The number of nitrogens with zero attached hydrogens (tertiary/aromatic N) is 3. The zero-order chi connectivity index (χ0) is 18.5. The average Bonchev–Trinajstić information content (AvgIpc) is 3.39. The zero-order valence-electron chi connectivity index (χ0n) is 14.4. The molecule has 0 amide bonds.